The van der Waals surface area contributed by atoms with Crippen molar-refractivity contribution in [3.05, 3.63) is 65.7 Å². The molecule has 0 unspecified atom stereocenters. The molecule has 148 valence electrons. The molecule has 0 spiro atoms. The van der Waals surface area contributed by atoms with Gasteiger partial charge in [0.05, 0.1) is 0 Å². The van der Waals surface area contributed by atoms with Gasteiger partial charge in [-0.25, -0.2) is 4.79 Å². The number of urea groups is 1. The Morgan fingerprint density at radius 3 is 2.36 bits per heavy atom. The number of benzene rings is 2. The van der Waals surface area contributed by atoms with Crippen molar-refractivity contribution in [1.29, 1.82) is 0 Å². The molecule has 6 heteroatoms. The molecule has 6 nitrogen and oxygen atoms in total. The van der Waals surface area contributed by atoms with Crippen LogP contribution >= 0.6 is 0 Å². The van der Waals surface area contributed by atoms with E-state index >= 15 is 0 Å². The van der Waals surface area contributed by atoms with Gasteiger partial charge in [0.1, 0.15) is 5.75 Å². The Morgan fingerprint density at radius 1 is 1.07 bits per heavy atom. The first-order chi connectivity index (χ1) is 13.5. The SMILES string of the molecule is CN(Cc1ccccc1)C(=O)N1CCC(CNC(=O)c2ccc(O)cc2)CC1. The quantitative estimate of drug-likeness (QED) is 0.836. The lowest BCUT2D eigenvalue weighted by atomic mass is 9.97. The van der Waals surface area contributed by atoms with Crippen LogP contribution in [0.2, 0.25) is 0 Å². The molecular weight excluding hydrogens is 354 g/mol. The number of carbonyl (C=O) groups excluding carboxylic acids is 2. The first kappa shape index (κ1) is 19.7. The number of carbonyl (C=O) groups is 2. The number of likely N-dealkylation sites (tertiary alicyclic amines) is 1. The van der Waals surface area contributed by atoms with Gasteiger partial charge in [-0.05, 0) is 48.6 Å². The van der Waals surface area contributed by atoms with Crippen LogP contribution in [0.25, 0.3) is 0 Å². The van der Waals surface area contributed by atoms with E-state index in [2.05, 4.69) is 5.32 Å². The van der Waals surface area contributed by atoms with Crippen LogP contribution < -0.4 is 5.32 Å². The molecule has 3 rings (SSSR count). The van der Waals surface area contributed by atoms with Crippen LogP contribution in [0.4, 0.5) is 4.79 Å². The summed E-state index contributed by atoms with van der Waals surface area (Å²) in [4.78, 5) is 28.5. The van der Waals surface area contributed by atoms with Gasteiger partial charge in [-0.2, -0.15) is 0 Å². The number of rotatable bonds is 5. The Bertz CT molecular complexity index is 784. The van der Waals surface area contributed by atoms with Gasteiger partial charge in [-0.3, -0.25) is 4.79 Å². The monoisotopic (exact) mass is 381 g/mol. The zero-order valence-corrected chi connectivity index (χ0v) is 16.2. The standard InChI is InChI=1S/C22H27N3O3/c1-24(16-18-5-3-2-4-6-18)22(28)25-13-11-17(12-14-25)15-23-21(27)19-7-9-20(26)10-8-19/h2-10,17,26H,11-16H2,1H3,(H,23,27). The van der Waals surface area contributed by atoms with Gasteiger partial charge in [-0.15, -0.1) is 0 Å². The van der Waals surface area contributed by atoms with Gasteiger partial charge >= 0.3 is 6.03 Å². The van der Waals surface area contributed by atoms with Gasteiger partial charge < -0.3 is 20.2 Å². The van der Waals surface area contributed by atoms with Crippen LogP contribution in [0.15, 0.2) is 54.6 Å². The summed E-state index contributed by atoms with van der Waals surface area (Å²) in [6, 6.07) is 16.2. The number of nitrogens with one attached hydrogen (secondary N) is 1. The topological polar surface area (TPSA) is 72.9 Å². The highest BCUT2D eigenvalue weighted by molar-refractivity contribution is 5.94. The fourth-order valence-corrected chi connectivity index (χ4v) is 3.45. The van der Waals surface area contributed by atoms with E-state index in [4.69, 9.17) is 0 Å². The van der Waals surface area contributed by atoms with Gasteiger partial charge in [0.15, 0.2) is 0 Å². The predicted molar refractivity (Wildman–Crippen MR) is 108 cm³/mol. The number of phenolic OH excluding ortho intramolecular Hbond substituents is 1. The molecule has 28 heavy (non-hydrogen) atoms. The van der Waals surface area contributed by atoms with Crippen LogP contribution in [-0.2, 0) is 6.54 Å². The van der Waals surface area contributed by atoms with Crippen LogP contribution in [0.5, 0.6) is 5.75 Å². The molecule has 2 aromatic carbocycles. The first-order valence-electron chi connectivity index (χ1n) is 9.64. The second-order valence-corrected chi connectivity index (χ2v) is 7.31. The van der Waals surface area contributed by atoms with Crippen molar-refractivity contribution in [3.8, 4) is 5.75 Å². The minimum absolute atomic E-state index is 0.0513. The molecule has 0 aromatic heterocycles. The summed E-state index contributed by atoms with van der Waals surface area (Å²) in [5.41, 5.74) is 1.65. The number of amides is 3. The second kappa shape index (κ2) is 9.26. The molecule has 0 atom stereocenters. The number of nitrogens with zero attached hydrogens (tertiary/aromatic N) is 2. The maximum atomic E-state index is 12.6. The summed E-state index contributed by atoms with van der Waals surface area (Å²) in [6.45, 7) is 2.61. The zero-order valence-electron chi connectivity index (χ0n) is 16.2. The van der Waals surface area contributed by atoms with Crippen molar-refractivity contribution in [2.75, 3.05) is 26.7 Å². The summed E-state index contributed by atoms with van der Waals surface area (Å²) in [5.74, 6) is 0.372. The molecule has 1 aliphatic heterocycles. The fourth-order valence-electron chi connectivity index (χ4n) is 3.45. The lowest BCUT2D eigenvalue weighted by Gasteiger charge is -2.34. The van der Waals surface area contributed by atoms with E-state index < -0.39 is 0 Å². The van der Waals surface area contributed by atoms with E-state index in [9.17, 15) is 14.7 Å². The number of hydrogen-bond donors (Lipinski definition) is 2. The highest BCUT2D eigenvalue weighted by atomic mass is 16.3. The van der Waals surface area contributed by atoms with Gasteiger partial charge in [0.25, 0.3) is 5.91 Å². The van der Waals surface area contributed by atoms with Crippen molar-refractivity contribution in [1.82, 2.24) is 15.1 Å². The van der Waals surface area contributed by atoms with Crippen LogP contribution in [0.1, 0.15) is 28.8 Å². The molecular formula is C22H27N3O3. The van der Waals surface area contributed by atoms with Gasteiger partial charge in [0.2, 0.25) is 0 Å². The zero-order chi connectivity index (χ0) is 19.9. The number of aromatic hydroxyl groups is 1. The van der Waals surface area contributed by atoms with Gasteiger partial charge in [0, 0.05) is 38.8 Å². The largest absolute Gasteiger partial charge is 0.508 e. The Morgan fingerprint density at radius 2 is 1.71 bits per heavy atom. The summed E-state index contributed by atoms with van der Waals surface area (Å²) in [5, 5.41) is 12.2. The Balaban J connectivity index is 1.42. The van der Waals surface area contributed by atoms with Crippen LogP contribution in [0.3, 0.4) is 0 Å². The molecule has 1 fully saturated rings. The predicted octanol–water partition coefficient (Wildman–Crippen LogP) is 3.09. The van der Waals surface area contributed by atoms with Crippen molar-refractivity contribution >= 4 is 11.9 Å². The maximum absolute atomic E-state index is 12.6. The summed E-state index contributed by atoms with van der Waals surface area (Å²) < 4.78 is 0. The van der Waals surface area contributed by atoms with E-state index in [1.165, 1.54) is 12.1 Å². The third-order valence-corrected chi connectivity index (χ3v) is 5.15. The van der Waals surface area contributed by atoms with E-state index in [0.717, 1.165) is 18.4 Å². The lowest BCUT2D eigenvalue weighted by Crippen LogP contribution is -2.46. The molecule has 2 N–H and O–H groups in total. The summed E-state index contributed by atoms with van der Waals surface area (Å²) >= 11 is 0. The molecule has 0 aliphatic carbocycles. The summed E-state index contributed by atoms with van der Waals surface area (Å²) in [6.07, 6.45) is 1.75. The lowest BCUT2D eigenvalue weighted by molar-refractivity contribution is 0.0934. The smallest absolute Gasteiger partial charge is 0.320 e. The highest BCUT2D eigenvalue weighted by Crippen LogP contribution is 2.18. The number of hydrogen-bond acceptors (Lipinski definition) is 3. The molecule has 0 saturated carbocycles. The average molecular weight is 381 g/mol. The molecule has 2 aromatic rings. The van der Waals surface area contributed by atoms with Gasteiger partial charge in [-0.1, -0.05) is 30.3 Å². The minimum atomic E-state index is -0.138. The Labute approximate surface area is 165 Å². The number of phenols is 1. The third kappa shape index (κ3) is 5.25. The first-order valence-corrected chi connectivity index (χ1v) is 9.64. The van der Waals surface area contributed by atoms with E-state index in [1.54, 1.807) is 17.0 Å². The van der Waals surface area contributed by atoms with E-state index in [0.29, 0.717) is 37.7 Å². The van der Waals surface area contributed by atoms with E-state index in [1.807, 2.05) is 42.3 Å². The van der Waals surface area contributed by atoms with E-state index in [-0.39, 0.29) is 17.7 Å². The van der Waals surface area contributed by atoms with Crippen molar-refractivity contribution in [2.45, 2.75) is 19.4 Å². The van der Waals surface area contributed by atoms with Crippen molar-refractivity contribution in [3.63, 3.8) is 0 Å². The average Bonchev–Trinajstić information content (AvgIpc) is 2.73. The molecule has 0 bridgehead atoms. The van der Waals surface area contributed by atoms with Crippen molar-refractivity contribution in [2.24, 2.45) is 5.92 Å². The third-order valence-electron chi connectivity index (χ3n) is 5.15. The Hall–Kier alpha value is -3.02. The molecule has 1 heterocycles. The molecule has 0 radical (unpaired) electrons. The van der Waals surface area contributed by atoms with Crippen LogP contribution in [-0.4, -0.2) is 53.5 Å². The van der Waals surface area contributed by atoms with Crippen LogP contribution in [0, 0.1) is 5.92 Å². The fraction of sp³-hybridized carbons (Fsp3) is 0.364. The molecule has 1 saturated heterocycles. The van der Waals surface area contributed by atoms with Crippen molar-refractivity contribution < 1.29 is 14.7 Å². The highest BCUT2D eigenvalue weighted by Gasteiger charge is 2.25. The normalized spacial score (nSPS) is 14.5. The minimum Gasteiger partial charge on any atom is -0.508 e. The second-order valence-electron chi connectivity index (χ2n) is 7.31. The Kier molecular flexibility index (Phi) is 6.53. The maximum Gasteiger partial charge on any atom is 0.320 e. The number of piperidine rings is 1. The molecule has 3 amide bonds. The molecule has 1 aliphatic rings. The summed E-state index contributed by atoms with van der Waals surface area (Å²) in [7, 11) is 1.83.